The first-order valence-electron chi connectivity index (χ1n) is 6.70. The van der Waals surface area contributed by atoms with E-state index < -0.39 is 0 Å². The second kappa shape index (κ2) is 3.68. The lowest BCUT2D eigenvalue weighted by molar-refractivity contribution is 0.628. The summed E-state index contributed by atoms with van der Waals surface area (Å²) < 4.78 is 12.9. The van der Waals surface area contributed by atoms with E-state index in [4.69, 9.17) is 0 Å². The Kier molecular flexibility index (Phi) is 2.11. The average molecular weight is 238 g/mol. The third-order valence-electron chi connectivity index (χ3n) is 4.49. The van der Waals surface area contributed by atoms with Gasteiger partial charge in [0.05, 0.1) is 0 Å². The lowest BCUT2D eigenvalue weighted by Gasteiger charge is -2.12. The summed E-state index contributed by atoms with van der Waals surface area (Å²) >= 11 is 0. The molecule has 0 saturated heterocycles. The molecule has 0 nitrogen and oxygen atoms in total. The van der Waals surface area contributed by atoms with Crippen molar-refractivity contribution >= 4 is 6.08 Å². The molecule has 0 amide bonds. The molecule has 3 aliphatic rings. The Morgan fingerprint density at radius 2 is 1.56 bits per heavy atom. The van der Waals surface area contributed by atoms with Gasteiger partial charge in [-0.2, -0.15) is 0 Å². The fraction of sp³-hybridized carbons (Fsp3) is 0.294. The number of benzene rings is 1. The van der Waals surface area contributed by atoms with E-state index >= 15 is 0 Å². The Hall–Kier alpha value is -1.63. The van der Waals surface area contributed by atoms with E-state index in [1.54, 1.807) is 11.1 Å². The van der Waals surface area contributed by atoms with Gasteiger partial charge < -0.3 is 0 Å². The minimum absolute atomic E-state index is 0.171. The molecule has 2 fully saturated rings. The van der Waals surface area contributed by atoms with Crippen LogP contribution >= 0.6 is 0 Å². The summed E-state index contributed by atoms with van der Waals surface area (Å²) in [7, 11) is 0. The molecule has 3 aliphatic carbocycles. The molecule has 0 radical (unpaired) electrons. The maximum atomic E-state index is 12.9. The minimum atomic E-state index is -0.171. The quantitative estimate of drug-likeness (QED) is 0.675. The zero-order chi connectivity index (χ0) is 12.1. The highest BCUT2D eigenvalue weighted by molar-refractivity contribution is 5.67. The maximum absolute atomic E-state index is 12.9. The van der Waals surface area contributed by atoms with Gasteiger partial charge in [-0.3, -0.25) is 0 Å². The molecule has 0 N–H and O–H groups in total. The molecule has 90 valence electrons. The maximum Gasteiger partial charge on any atom is 0.123 e. The van der Waals surface area contributed by atoms with E-state index in [-0.39, 0.29) is 5.82 Å². The van der Waals surface area contributed by atoms with Crippen molar-refractivity contribution in [2.75, 3.05) is 0 Å². The first kappa shape index (κ1) is 10.3. The number of halogens is 1. The third-order valence-corrected chi connectivity index (χ3v) is 4.49. The van der Waals surface area contributed by atoms with E-state index in [2.05, 4.69) is 18.2 Å². The van der Waals surface area contributed by atoms with Crippen LogP contribution in [0.15, 0.2) is 53.1 Å². The molecule has 1 heteroatoms. The highest BCUT2D eigenvalue weighted by Crippen LogP contribution is 2.54. The third kappa shape index (κ3) is 1.50. The smallest absolute Gasteiger partial charge is 0.123 e. The standard InChI is InChI=1S/C17H15F/c18-15-5-1-11(2-6-15)7-12-8-16-13-3-4-14(10-13)17(16)9-12/h1-2,5-9,13-14H,3-4,10H2/t13-,14-/m0/s1. The van der Waals surface area contributed by atoms with Crippen molar-refractivity contribution in [2.24, 2.45) is 11.8 Å². The van der Waals surface area contributed by atoms with Gasteiger partial charge in [-0.05, 0) is 71.6 Å². The molecule has 0 aliphatic heterocycles. The van der Waals surface area contributed by atoms with E-state index in [1.165, 1.54) is 37.0 Å². The van der Waals surface area contributed by atoms with Crippen molar-refractivity contribution < 1.29 is 4.39 Å². The van der Waals surface area contributed by atoms with E-state index in [0.29, 0.717) is 0 Å². The van der Waals surface area contributed by atoms with Crippen LogP contribution in [-0.2, 0) is 0 Å². The number of rotatable bonds is 1. The molecule has 18 heavy (non-hydrogen) atoms. The number of fused-ring (bicyclic) bond motifs is 5. The first-order chi connectivity index (χ1) is 8.79. The van der Waals surface area contributed by atoms with Gasteiger partial charge in [0.1, 0.15) is 5.82 Å². The van der Waals surface area contributed by atoms with Crippen molar-refractivity contribution in [3.8, 4) is 0 Å². The number of hydrogen-bond acceptors (Lipinski definition) is 0. The summed E-state index contributed by atoms with van der Waals surface area (Å²) in [6.45, 7) is 0. The summed E-state index contributed by atoms with van der Waals surface area (Å²) in [4.78, 5) is 0. The summed E-state index contributed by atoms with van der Waals surface area (Å²) in [6, 6.07) is 6.71. The summed E-state index contributed by atoms with van der Waals surface area (Å²) in [5.74, 6) is 1.47. The second-order valence-electron chi connectivity index (χ2n) is 5.60. The number of allylic oxidation sites excluding steroid dienone is 5. The normalized spacial score (nSPS) is 28.2. The monoisotopic (exact) mass is 238 g/mol. The van der Waals surface area contributed by atoms with Gasteiger partial charge in [-0.15, -0.1) is 0 Å². The topological polar surface area (TPSA) is 0 Å². The lowest BCUT2D eigenvalue weighted by Crippen LogP contribution is -1.99. The molecule has 0 aromatic heterocycles. The molecule has 0 spiro atoms. The highest BCUT2D eigenvalue weighted by atomic mass is 19.1. The SMILES string of the molecule is Fc1ccc(C=C2C=C3C(=C2)[C@H]2CC[C@H]3C2)cc1. The van der Waals surface area contributed by atoms with Crippen LogP contribution in [0.2, 0.25) is 0 Å². The summed E-state index contributed by atoms with van der Waals surface area (Å²) in [5.41, 5.74) is 5.52. The van der Waals surface area contributed by atoms with Crippen LogP contribution in [0.5, 0.6) is 0 Å². The molecule has 0 heterocycles. The van der Waals surface area contributed by atoms with Gasteiger partial charge in [0.15, 0.2) is 0 Å². The van der Waals surface area contributed by atoms with Crippen LogP contribution in [0.1, 0.15) is 24.8 Å². The Labute approximate surface area is 107 Å². The van der Waals surface area contributed by atoms with Crippen molar-refractivity contribution in [1.29, 1.82) is 0 Å². The zero-order valence-corrected chi connectivity index (χ0v) is 10.2. The molecule has 1 aromatic rings. The van der Waals surface area contributed by atoms with Crippen LogP contribution in [0.4, 0.5) is 4.39 Å². The highest BCUT2D eigenvalue weighted by Gasteiger charge is 2.40. The number of hydrogen-bond donors (Lipinski definition) is 0. The van der Waals surface area contributed by atoms with Gasteiger partial charge in [-0.25, -0.2) is 4.39 Å². The molecule has 2 bridgehead atoms. The summed E-state index contributed by atoms with van der Waals surface area (Å²) in [6.07, 6.45) is 10.9. The van der Waals surface area contributed by atoms with Gasteiger partial charge in [0, 0.05) is 0 Å². The van der Waals surface area contributed by atoms with Crippen LogP contribution in [0.25, 0.3) is 6.08 Å². The van der Waals surface area contributed by atoms with Gasteiger partial charge >= 0.3 is 0 Å². The van der Waals surface area contributed by atoms with Crippen molar-refractivity contribution in [3.05, 3.63) is 64.5 Å². The summed E-state index contributed by atoms with van der Waals surface area (Å²) in [5, 5.41) is 0. The first-order valence-corrected chi connectivity index (χ1v) is 6.70. The average Bonchev–Trinajstić information content (AvgIpc) is 3.03. The van der Waals surface area contributed by atoms with Crippen molar-refractivity contribution in [1.82, 2.24) is 0 Å². The second-order valence-corrected chi connectivity index (χ2v) is 5.60. The predicted octanol–water partition coefficient (Wildman–Crippen LogP) is 4.51. The van der Waals surface area contributed by atoms with Gasteiger partial charge in [0.2, 0.25) is 0 Å². The Balaban J connectivity index is 1.69. The Morgan fingerprint density at radius 3 is 2.17 bits per heavy atom. The fourth-order valence-corrected chi connectivity index (χ4v) is 3.66. The molecular weight excluding hydrogens is 223 g/mol. The molecule has 1 aromatic carbocycles. The molecular formula is C17H15F. The lowest BCUT2D eigenvalue weighted by atomic mass is 9.92. The van der Waals surface area contributed by atoms with Gasteiger partial charge in [-0.1, -0.05) is 24.3 Å². The largest absolute Gasteiger partial charge is 0.207 e. The predicted molar refractivity (Wildman–Crippen MR) is 71.4 cm³/mol. The Morgan fingerprint density at radius 1 is 0.944 bits per heavy atom. The zero-order valence-electron chi connectivity index (χ0n) is 10.2. The van der Waals surface area contributed by atoms with Crippen LogP contribution < -0.4 is 0 Å². The minimum Gasteiger partial charge on any atom is -0.207 e. The van der Waals surface area contributed by atoms with Crippen LogP contribution in [-0.4, -0.2) is 0 Å². The van der Waals surface area contributed by atoms with E-state index in [9.17, 15) is 4.39 Å². The molecule has 4 rings (SSSR count). The van der Waals surface area contributed by atoms with Crippen molar-refractivity contribution in [2.45, 2.75) is 19.3 Å². The molecule has 0 unspecified atom stereocenters. The van der Waals surface area contributed by atoms with E-state index in [0.717, 1.165) is 17.4 Å². The molecule has 2 atom stereocenters. The van der Waals surface area contributed by atoms with E-state index in [1.807, 2.05) is 12.1 Å². The van der Waals surface area contributed by atoms with Crippen LogP contribution in [0, 0.1) is 17.7 Å². The van der Waals surface area contributed by atoms with Crippen molar-refractivity contribution in [3.63, 3.8) is 0 Å². The fourth-order valence-electron chi connectivity index (χ4n) is 3.66. The molecule has 2 saturated carbocycles. The van der Waals surface area contributed by atoms with Crippen LogP contribution in [0.3, 0.4) is 0 Å². The Bertz CT molecular complexity index is 559. The van der Waals surface area contributed by atoms with Gasteiger partial charge in [0.25, 0.3) is 0 Å².